The zero-order valence-corrected chi connectivity index (χ0v) is 32.9. The van der Waals surface area contributed by atoms with Gasteiger partial charge in [0.25, 0.3) is 8.53 Å². The first-order valence-corrected chi connectivity index (χ1v) is 19.2. The smallest absolute Gasteiger partial charge is 0.326 e. The van der Waals surface area contributed by atoms with E-state index in [0.717, 1.165) is 16.7 Å². The third-order valence-electron chi connectivity index (χ3n) is 9.46. The predicted molar refractivity (Wildman–Crippen MR) is 203 cm³/mol. The summed E-state index contributed by atoms with van der Waals surface area (Å²) in [6.45, 7) is 8.51. The van der Waals surface area contributed by atoms with E-state index in [1.54, 1.807) is 14.2 Å². The molecule has 0 aliphatic carbocycles. The molecular formula is C40H51N4O9P. The van der Waals surface area contributed by atoms with E-state index in [-0.39, 0.29) is 50.6 Å². The molecule has 3 aromatic rings. The average molecular weight is 763 g/mol. The van der Waals surface area contributed by atoms with Gasteiger partial charge in [0.1, 0.15) is 35.4 Å². The maximum absolute atomic E-state index is 13.2. The second-order valence-corrected chi connectivity index (χ2v) is 14.9. The Hall–Kier alpha value is -4.12. The van der Waals surface area contributed by atoms with Crippen molar-refractivity contribution in [3.63, 3.8) is 0 Å². The van der Waals surface area contributed by atoms with Gasteiger partial charge in [-0.1, -0.05) is 54.6 Å². The molecule has 290 valence electrons. The van der Waals surface area contributed by atoms with Crippen molar-refractivity contribution >= 4 is 20.5 Å². The highest BCUT2D eigenvalue weighted by molar-refractivity contribution is 7.44. The van der Waals surface area contributed by atoms with Gasteiger partial charge in [-0.25, -0.2) is 9.46 Å². The molecule has 2 aliphatic rings. The van der Waals surface area contributed by atoms with Gasteiger partial charge in [-0.3, -0.25) is 15.0 Å². The van der Waals surface area contributed by atoms with Crippen molar-refractivity contribution in [2.45, 2.75) is 82.8 Å². The third-order valence-corrected chi connectivity index (χ3v) is 11.6. The number of urea groups is 1. The Morgan fingerprint density at radius 2 is 1.46 bits per heavy atom. The van der Waals surface area contributed by atoms with Crippen LogP contribution in [0, 0.1) is 11.3 Å². The Bertz CT molecular complexity index is 1650. The highest BCUT2D eigenvalue weighted by Gasteiger charge is 2.53. The molecular weight excluding hydrogens is 711 g/mol. The van der Waals surface area contributed by atoms with Crippen molar-refractivity contribution < 1.29 is 42.3 Å². The molecule has 2 heterocycles. The summed E-state index contributed by atoms with van der Waals surface area (Å²) >= 11 is 0. The van der Waals surface area contributed by atoms with E-state index in [9.17, 15) is 14.9 Å². The monoisotopic (exact) mass is 762 g/mol. The number of carbonyl (C=O) groups is 2. The number of nitriles is 1. The topological polar surface area (TPSA) is 141 Å². The first-order valence-electron chi connectivity index (χ1n) is 18.1. The standard InChI is InChI=1S/C40H51N4O9P/c1-27(2)44(28(3)4)54(51-25-11-23-41)53-36-34(52-38(37(36)49-7)43-24-22-35(45)42-39(43)46)26-50-40(29-12-9-8-10-13-29,30-14-18-32(47-5)19-15-30)31-16-20-33(48-6)21-17-31/h8-10,12-21,27-28,34,36-38H,11,22,24-26H2,1-7H3,(H,42,45,46)/t34-,36-,37+,38-,54?/m1/s1. The summed E-state index contributed by atoms with van der Waals surface area (Å²) in [6.07, 6.45) is -3.02. The molecule has 0 bridgehead atoms. The fourth-order valence-corrected chi connectivity index (χ4v) is 8.74. The van der Waals surface area contributed by atoms with Gasteiger partial charge in [0.15, 0.2) is 6.23 Å². The number of hydrogen-bond acceptors (Lipinski definition) is 11. The van der Waals surface area contributed by atoms with Gasteiger partial charge in [-0.05, 0) is 68.7 Å². The van der Waals surface area contributed by atoms with Crippen LogP contribution >= 0.6 is 8.53 Å². The van der Waals surface area contributed by atoms with Gasteiger partial charge >= 0.3 is 6.03 Å². The molecule has 0 saturated carbocycles. The summed E-state index contributed by atoms with van der Waals surface area (Å²) in [5.41, 5.74) is 1.35. The van der Waals surface area contributed by atoms with Gasteiger partial charge in [-0.2, -0.15) is 5.26 Å². The highest BCUT2D eigenvalue weighted by Crippen LogP contribution is 2.50. The van der Waals surface area contributed by atoms with Crippen molar-refractivity contribution in [2.75, 3.05) is 41.1 Å². The molecule has 3 amide bonds. The van der Waals surface area contributed by atoms with Gasteiger partial charge in [0, 0.05) is 32.2 Å². The Balaban J connectivity index is 1.61. The van der Waals surface area contributed by atoms with E-state index < -0.39 is 44.7 Å². The van der Waals surface area contributed by atoms with Crippen LogP contribution in [0.5, 0.6) is 11.5 Å². The number of imide groups is 1. The van der Waals surface area contributed by atoms with Crippen LogP contribution in [-0.4, -0.2) is 99.2 Å². The Labute approximate surface area is 319 Å². The molecule has 14 heteroatoms. The number of rotatable bonds is 18. The van der Waals surface area contributed by atoms with E-state index in [1.807, 2.05) is 78.9 Å². The minimum Gasteiger partial charge on any atom is -0.497 e. The number of carbonyl (C=O) groups excluding carboxylic acids is 2. The fraction of sp³-hybridized carbons (Fsp3) is 0.475. The van der Waals surface area contributed by atoms with Gasteiger partial charge < -0.3 is 32.7 Å². The Morgan fingerprint density at radius 3 is 1.96 bits per heavy atom. The molecule has 2 fully saturated rings. The lowest BCUT2D eigenvalue weighted by Gasteiger charge is -2.39. The summed E-state index contributed by atoms with van der Waals surface area (Å²) in [6, 6.07) is 27.0. The number of ether oxygens (including phenoxy) is 5. The van der Waals surface area contributed by atoms with Crippen LogP contribution in [0.25, 0.3) is 0 Å². The van der Waals surface area contributed by atoms with E-state index in [4.69, 9.17) is 32.7 Å². The maximum Gasteiger partial charge on any atom is 0.326 e. The van der Waals surface area contributed by atoms with E-state index in [2.05, 4.69) is 43.8 Å². The van der Waals surface area contributed by atoms with E-state index in [1.165, 1.54) is 12.0 Å². The highest BCUT2D eigenvalue weighted by atomic mass is 31.2. The number of methoxy groups -OCH3 is 3. The number of amides is 3. The fourth-order valence-electron chi connectivity index (χ4n) is 6.97. The first kappa shape index (κ1) is 41.1. The van der Waals surface area contributed by atoms with E-state index in [0.29, 0.717) is 11.5 Å². The normalized spacial score (nSPS) is 21.0. The SMILES string of the molecule is COc1ccc(C(OC[C@H]2O[C@@H](N3CCC(=O)NC3=O)[C@@H](OC)[C@@H]2OP(OCCC#N)N(C(C)C)C(C)C)(c2ccccc2)c2ccc(OC)cc2)cc1. The summed E-state index contributed by atoms with van der Waals surface area (Å²) in [7, 11) is 3.03. The number of benzene rings is 3. The summed E-state index contributed by atoms with van der Waals surface area (Å²) in [5.74, 6) is 1.02. The summed E-state index contributed by atoms with van der Waals surface area (Å²) < 4.78 is 46.5. The lowest BCUT2D eigenvalue weighted by Crippen LogP contribution is -2.57. The Kier molecular flexibility index (Phi) is 14.4. The van der Waals surface area contributed by atoms with Crippen LogP contribution in [-0.2, 0) is 33.7 Å². The molecule has 2 aliphatic heterocycles. The molecule has 1 N–H and O–H groups in total. The van der Waals surface area contributed by atoms with E-state index >= 15 is 0 Å². The lowest BCUT2D eigenvalue weighted by atomic mass is 9.80. The molecule has 5 rings (SSSR count). The van der Waals surface area contributed by atoms with Gasteiger partial charge in [0.05, 0.1) is 39.9 Å². The van der Waals surface area contributed by atoms with Crippen molar-refractivity contribution in [1.82, 2.24) is 14.9 Å². The zero-order chi connectivity index (χ0) is 38.8. The minimum atomic E-state index is -1.76. The molecule has 1 unspecified atom stereocenters. The molecule has 5 atom stereocenters. The molecule has 0 radical (unpaired) electrons. The van der Waals surface area contributed by atoms with Crippen molar-refractivity contribution in [2.24, 2.45) is 0 Å². The second-order valence-electron chi connectivity index (χ2n) is 13.5. The average Bonchev–Trinajstić information content (AvgIpc) is 3.51. The maximum atomic E-state index is 13.2. The van der Waals surface area contributed by atoms with Crippen LogP contribution in [0.3, 0.4) is 0 Å². The van der Waals surface area contributed by atoms with Gasteiger partial charge in [-0.15, -0.1) is 0 Å². The lowest BCUT2D eigenvalue weighted by molar-refractivity contribution is -0.128. The molecule has 13 nitrogen and oxygen atoms in total. The number of nitrogens with zero attached hydrogens (tertiary/aromatic N) is 3. The van der Waals surface area contributed by atoms with Crippen LogP contribution in [0.1, 0.15) is 57.2 Å². The minimum absolute atomic E-state index is 0.0207. The van der Waals surface area contributed by atoms with Crippen molar-refractivity contribution in [3.8, 4) is 17.6 Å². The zero-order valence-electron chi connectivity index (χ0n) is 32.0. The molecule has 2 saturated heterocycles. The van der Waals surface area contributed by atoms with Crippen molar-refractivity contribution in [3.05, 3.63) is 95.6 Å². The largest absolute Gasteiger partial charge is 0.497 e. The molecule has 0 aromatic heterocycles. The number of hydrogen-bond donors (Lipinski definition) is 1. The molecule has 0 spiro atoms. The second kappa shape index (κ2) is 19.0. The summed E-state index contributed by atoms with van der Waals surface area (Å²) in [5, 5.41) is 11.7. The summed E-state index contributed by atoms with van der Waals surface area (Å²) in [4.78, 5) is 26.8. The number of nitrogens with one attached hydrogen (secondary N) is 1. The van der Waals surface area contributed by atoms with Gasteiger partial charge in [0.2, 0.25) is 5.91 Å². The first-order chi connectivity index (χ1) is 26.1. The van der Waals surface area contributed by atoms with Crippen molar-refractivity contribution in [1.29, 1.82) is 5.26 Å². The quantitative estimate of drug-likeness (QED) is 0.0880. The molecule has 54 heavy (non-hydrogen) atoms. The molecule has 3 aromatic carbocycles. The van der Waals surface area contributed by atoms with Crippen LogP contribution in [0.4, 0.5) is 4.79 Å². The van der Waals surface area contributed by atoms with Crippen LogP contribution < -0.4 is 14.8 Å². The van der Waals surface area contributed by atoms with Crippen LogP contribution in [0.2, 0.25) is 0 Å². The third kappa shape index (κ3) is 9.04. The Morgan fingerprint density at radius 1 is 0.889 bits per heavy atom. The predicted octanol–water partition coefficient (Wildman–Crippen LogP) is 6.36. The van der Waals surface area contributed by atoms with Crippen LogP contribution in [0.15, 0.2) is 78.9 Å².